The van der Waals surface area contributed by atoms with Gasteiger partial charge in [-0.25, -0.2) is 4.98 Å². The maximum absolute atomic E-state index is 12.9. The van der Waals surface area contributed by atoms with Gasteiger partial charge in [0.2, 0.25) is 0 Å². The summed E-state index contributed by atoms with van der Waals surface area (Å²) in [5, 5.41) is 3.10. The molecular formula is C24H32N4O3. The SMILES string of the molecule is COc1ccc(C2C(CNC(=O)c3ccc(C(=O)N(C)C)nc3C)CCCN2C)cc1. The van der Waals surface area contributed by atoms with E-state index in [2.05, 4.69) is 34.4 Å². The van der Waals surface area contributed by atoms with Crippen LogP contribution in [0.2, 0.25) is 0 Å². The van der Waals surface area contributed by atoms with Crippen LogP contribution in [0.4, 0.5) is 0 Å². The van der Waals surface area contributed by atoms with Gasteiger partial charge in [0.15, 0.2) is 0 Å². The van der Waals surface area contributed by atoms with Crippen LogP contribution in [0.3, 0.4) is 0 Å². The van der Waals surface area contributed by atoms with Gasteiger partial charge in [-0.3, -0.25) is 14.5 Å². The van der Waals surface area contributed by atoms with Gasteiger partial charge in [-0.2, -0.15) is 0 Å². The maximum atomic E-state index is 12.9. The monoisotopic (exact) mass is 424 g/mol. The van der Waals surface area contributed by atoms with Gasteiger partial charge >= 0.3 is 0 Å². The smallest absolute Gasteiger partial charge is 0.271 e. The zero-order valence-corrected chi connectivity index (χ0v) is 19.0. The zero-order chi connectivity index (χ0) is 22.5. The third kappa shape index (κ3) is 5.22. The number of piperidine rings is 1. The Balaban J connectivity index is 1.70. The number of likely N-dealkylation sites (tertiary alicyclic amines) is 1. The van der Waals surface area contributed by atoms with E-state index in [-0.39, 0.29) is 17.9 Å². The molecule has 2 aromatic rings. The molecule has 1 fully saturated rings. The lowest BCUT2D eigenvalue weighted by molar-refractivity contribution is 0.0819. The Labute approximate surface area is 184 Å². The summed E-state index contributed by atoms with van der Waals surface area (Å²) in [4.78, 5) is 33.1. The second-order valence-corrected chi connectivity index (χ2v) is 8.34. The molecule has 166 valence electrons. The first-order chi connectivity index (χ1) is 14.8. The largest absolute Gasteiger partial charge is 0.497 e. The lowest BCUT2D eigenvalue weighted by Crippen LogP contribution is -2.41. The van der Waals surface area contributed by atoms with Crippen LogP contribution in [-0.2, 0) is 0 Å². The fourth-order valence-electron chi connectivity index (χ4n) is 4.27. The van der Waals surface area contributed by atoms with E-state index < -0.39 is 0 Å². The molecule has 7 heteroatoms. The highest BCUT2D eigenvalue weighted by Gasteiger charge is 2.31. The van der Waals surface area contributed by atoms with Crippen LogP contribution in [0.1, 0.15) is 51.0 Å². The van der Waals surface area contributed by atoms with Gasteiger partial charge in [-0.1, -0.05) is 12.1 Å². The summed E-state index contributed by atoms with van der Waals surface area (Å²) in [6.07, 6.45) is 2.15. The van der Waals surface area contributed by atoms with Gasteiger partial charge in [0.25, 0.3) is 11.8 Å². The molecule has 1 aromatic heterocycles. The van der Waals surface area contributed by atoms with Crippen molar-refractivity contribution < 1.29 is 14.3 Å². The van der Waals surface area contributed by atoms with Crippen molar-refractivity contribution in [1.82, 2.24) is 20.1 Å². The van der Waals surface area contributed by atoms with Crippen LogP contribution >= 0.6 is 0 Å². The summed E-state index contributed by atoms with van der Waals surface area (Å²) >= 11 is 0. The van der Waals surface area contributed by atoms with Gasteiger partial charge in [0.05, 0.1) is 18.4 Å². The van der Waals surface area contributed by atoms with Gasteiger partial charge in [-0.15, -0.1) is 0 Å². The van der Waals surface area contributed by atoms with Crippen molar-refractivity contribution in [2.45, 2.75) is 25.8 Å². The van der Waals surface area contributed by atoms with Gasteiger partial charge in [0.1, 0.15) is 11.4 Å². The number of hydrogen-bond acceptors (Lipinski definition) is 5. The summed E-state index contributed by atoms with van der Waals surface area (Å²) < 4.78 is 5.29. The van der Waals surface area contributed by atoms with Crippen molar-refractivity contribution in [3.05, 3.63) is 58.9 Å². The van der Waals surface area contributed by atoms with Crippen LogP contribution in [0.15, 0.2) is 36.4 Å². The fraction of sp³-hybridized carbons (Fsp3) is 0.458. The first kappa shape index (κ1) is 22.7. The second-order valence-electron chi connectivity index (χ2n) is 8.34. The number of nitrogens with one attached hydrogen (secondary N) is 1. The topological polar surface area (TPSA) is 74.8 Å². The summed E-state index contributed by atoms with van der Waals surface area (Å²) in [6, 6.07) is 11.7. The van der Waals surface area contributed by atoms with Crippen LogP contribution in [0.5, 0.6) is 5.75 Å². The van der Waals surface area contributed by atoms with Crippen molar-refractivity contribution in [3.8, 4) is 5.75 Å². The van der Waals surface area contributed by atoms with Crippen molar-refractivity contribution in [3.63, 3.8) is 0 Å². The molecule has 0 spiro atoms. The van der Waals surface area contributed by atoms with Crippen LogP contribution in [0, 0.1) is 12.8 Å². The molecule has 7 nitrogen and oxygen atoms in total. The number of benzene rings is 1. The maximum Gasteiger partial charge on any atom is 0.271 e. The zero-order valence-electron chi connectivity index (χ0n) is 19.0. The molecule has 1 saturated heterocycles. The standard InChI is InChI=1S/C24H32N4O3/c1-16-20(12-13-21(26-16)24(30)27(2)3)23(29)25-15-18-7-6-14-28(4)22(18)17-8-10-19(31-5)11-9-17/h8-13,18,22H,6-7,14-15H2,1-5H3,(H,25,29). The number of rotatable bonds is 6. The van der Waals surface area contributed by atoms with E-state index in [9.17, 15) is 9.59 Å². The van der Waals surface area contributed by atoms with E-state index in [1.807, 2.05) is 12.1 Å². The number of amides is 2. The second kappa shape index (κ2) is 9.92. The van der Waals surface area contributed by atoms with E-state index in [0.29, 0.717) is 29.4 Å². The molecule has 0 saturated carbocycles. The molecule has 2 unspecified atom stereocenters. The number of methoxy groups -OCH3 is 1. The Morgan fingerprint density at radius 2 is 1.90 bits per heavy atom. The van der Waals surface area contributed by atoms with Gasteiger partial charge in [-0.05, 0) is 69.1 Å². The first-order valence-corrected chi connectivity index (χ1v) is 10.6. The van der Waals surface area contributed by atoms with E-state index in [1.54, 1.807) is 40.3 Å². The van der Waals surface area contributed by atoms with Crippen LogP contribution in [-0.4, -0.2) is 67.9 Å². The summed E-state index contributed by atoms with van der Waals surface area (Å²) in [5.74, 6) is 0.809. The van der Waals surface area contributed by atoms with Crippen molar-refractivity contribution in [2.24, 2.45) is 5.92 Å². The van der Waals surface area contributed by atoms with Gasteiger partial charge in [0, 0.05) is 26.7 Å². The third-order valence-corrected chi connectivity index (χ3v) is 5.94. The molecule has 2 atom stereocenters. The number of aryl methyl sites for hydroxylation is 1. The molecule has 1 aromatic carbocycles. The molecule has 0 radical (unpaired) electrons. The minimum atomic E-state index is -0.178. The van der Waals surface area contributed by atoms with Crippen molar-refractivity contribution in [2.75, 3.05) is 41.3 Å². The summed E-state index contributed by atoms with van der Waals surface area (Å²) in [5.41, 5.74) is 2.62. The fourth-order valence-corrected chi connectivity index (χ4v) is 4.27. The molecule has 0 bridgehead atoms. The third-order valence-electron chi connectivity index (χ3n) is 5.94. The number of carbonyl (C=O) groups is 2. The Morgan fingerprint density at radius 3 is 2.52 bits per heavy atom. The highest BCUT2D eigenvalue weighted by molar-refractivity contribution is 5.97. The molecule has 3 rings (SSSR count). The molecule has 2 amide bonds. The number of ether oxygens (including phenoxy) is 1. The van der Waals surface area contributed by atoms with E-state index >= 15 is 0 Å². The summed E-state index contributed by atoms with van der Waals surface area (Å²) in [6.45, 7) is 3.37. The highest BCUT2D eigenvalue weighted by Crippen LogP contribution is 2.35. The molecule has 1 aliphatic heterocycles. The Hall–Kier alpha value is -2.93. The number of hydrogen-bond donors (Lipinski definition) is 1. The lowest BCUT2D eigenvalue weighted by Gasteiger charge is -2.39. The quantitative estimate of drug-likeness (QED) is 0.772. The average molecular weight is 425 g/mol. The predicted octanol–water partition coefficient (Wildman–Crippen LogP) is 2.91. The Kier molecular flexibility index (Phi) is 7.28. The average Bonchev–Trinajstić information content (AvgIpc) is 2.77. The number of carbonyl (C=O) groups excluding carboxylic acids is 2. The van der Waals surface area contributed by atoms with Gasteiger partial charge < -0.3 is 15.0 Å². The molecule has 1 aliphatic rings. The minimum Gasteiger partial charge on any atom is -0.497 e. The predicted molar refractivity (Wildman–Crippen MR) is 120 cm³/mol. The van der Waals surface area contributed by atoms with Crippen LogP contribution in [0.25, 0.3) is 0 Å². The summed E-state index contributed by atoms with van der Waals surface area (Å²) in [7, 11) is 7.16. The van der Waals surface area contributed by atoms with Crippen molar-refractivity contribution in [1.29, 1.82) is 0 Å². The van der Waals surface area contributed by atoms with E-state index in [1.165, 1.54) is 10.5 Å². The Morgan fingerprint density at radius 1 is 1.19 bits per heavy atom. The Bertz CT molecular complexity index is 927. The molecule has 2 heterocycles. The molecule has 0 aliphatic carbocycles. The van der Waals surface area contributed by atoms with E-state index in [0.717, 1.165) is 25.1 Å². The first-order valence-electron chi connectivity index (χ1n) is 10.6. The van der Waals surface area contributed by atoms with E-state index in [4.69, 9.17) is 4.74 Å². The number of pyridine rings is 1. The number of nitrogens with zero attached hydrogens (tertiary/aromatic N) is 3. The van der Waals surface area contributed by atoms with Crippen molar-refractivity contribution >= 4 is 11.8 Å². The molecule has 31 heavy (non-hydrogen) atoms. The normalized spacial score (nSPS) is 19.0. The number of aromatic nitrogens is 1. The molecule has 1 N–H and O–H groups in total. The van der Waals surface area contributed by atoms with Crippen LogP contribution < -0.4 is 10.1 Å². The lowest BCUT2D eigenvalue weighted by atomic mass is 9.85. The minimum absolute atomic E-state index is 0.157. The highest BCUT2D eigenvalue weighted by atomic mass is 16.5. The molecular weight excluding hydrogens is 392 g/mol.